The highest BCUT2D eigenvalue weighted by Crippen LogP contribution is 2.22. The fraction of sp³-hybridized carbons (Fsp3) is 0.316. The molecule has 0 aromatic heterocycles. The van der Waals surface area contributed by atoms with Crippen LogP contribution in [0.25, 0.3) is 0 Å². The molecule has 0 aliphatic carbocycles. The average molecular weight is 438 g/mol. The Labute approximate surface area is 162 Å². The minimum atomic E-state index is -3.60. The molecule has 1 aliphatic heterocycles. The second kappa shape index (κ2) is 8.33. The molecule has 26 heavy (non-hydrogen) atoms. The summed E-state index contributed by atoms with van der Waals surface area (Å²) in [5.74, 6) is -0.181. The number of sulfonamides is 1. The van der Waals surface area contributed by atoms with E-state index in [0.29, 0.717) is 18.8 Å². The van der Waals surface area contributed by atoms with E-state index in [-0.39, 0.29) is 10.5 Å². The summed E-state index contributed by atoms with van der Waals surface area (Å²) in [7, 11) is -3.60. The summed E-state index contributed by atoms with van der Waals surface area (Å²) >= 11 is 3.32. The number of carbonyl (C=O) groups is 1. The largest absolute Gasteiger partial charge is 0.423 e. The standard InChI is InChI=1S/C19H20BrNO4S/c20-16-8-10-17(11-9-16)25-19(22)15-6-5-7-18(14-15)26(23,24)21-12-3-1-2-4-13-21/h5-11,14H,1-4,12-13H2. The van der Waals surface area contributed by atoms with Crippen LogP contribution in [0.5, 0.6) is 5.75 Å². The molecule has 2 aromatic rings. The van der Waals surface area contributed by atoms with E-state index in [0.717, 1.165) is 30.2 Å². The average Bonchev–Trinajstić information content (AvgIpc) is 2.94. The van der Waals surface area contributed by atoms with Crippen LogP contribution in [0, 0.1) is 0 Å². The molecule has 0 amide bonds. The summed E-state index contributed by atoms with van der Waals surface area (Å²) in [6.45, 7) is 1.05. The number of rotatable bonds is 4. The predicted molar refractivity (Wildman–Crippen MR) is 103 cm³/mol. The lowest BCUT2D eigenvalue weighted by Gasteiger charge is -2.20. The predicted octanol–water partition coefficient (Wildman–Crippen LogP) is 4.23. The Hall–Kier alpha value is -1.70. The van der Waals surface area contributed by atoms with Crippen molar-refractivity contribution in [3.63, 3.8) is 0 Å². The van der Waals surface area contributed by atoms with Gasteiger partial charge in [-0.25, -0.2) is 13.2 Å². The first-order chi connectivity index (χ1) is 12.5. The van der Waals surface area contributed by atoms with E-state index in [2.05, 4.69) is 15.9 Å². The van der Waals surface area contributed by atoms with Crippen LogP contribution in [-0.2, 0) is 10.0 Å². The lowest BCUT2D eigenvalue weighted by atomic mass is 10.2. The van der Waals surface area contributed by atoms with Crippen molar-refractivity contribution < 1.29 is 17.9 Å². The van der Waals surface area contributed by atoms with Gasteiger partial charge in [0.25, 0.3) is 0 Å². The number of carbonyl (C=O) groups excluding carboxylic acids is 1. The Morgan fingerprint density at radius 3 is 2.27 bits per heavy atom. The summed E-state index contributed by atoms with van der Waals surface area (Å²) in [4.78, 5) is 12.5. The first-order valence-corrected chi connectivity index (χ1v) is 10.8. The van der Waals surface area contributed by atoms with Gasteiger partial charge in [-0.2, -0.15) is 4.31 Å². The highest BCUT2D eigenvalue weighted by Gasteiger charge is 2.26. The van der Waals surface area contributed by atoms with Gasteiger partial charge < -0.3 is 4.74 Å². The molecule has 0 radical (unpaired) electrons. The normalized spacial score (nSPS) is 16.0. The number of nitrogens with zero attached hydrogens (tertiary/aromatic N) is 1. The maximum absolute atomic E-state index is 12.9. The summed E-state index contributed by atoms with van der Waals surface area (Å²) in [5.41, 5.74) is 0.212. The van der Waals surface area contributed by atoms with Crippen LogP contribution in [0.2, 0.25) is 0 Å². The zero-order chi connectivity index (χ0) is 18.6. The number of esters is 1. The lowest BCUT2D eigenvalue weighted by Crippen LogP contribution is -2.32. The number of halogens is 1. The Kier molecular flexibility index (Phi) is 6.11. The van der Waals surface area contributed by atoms with E-state index in [1.54, 1.807) is 36.4 Å². The van der Waals surface area contributed by atoms with Gasteiger partial charge in [-0.3, -0.25) is 0 Å². The van der Waals surface area contributed by atoms with Crippen molar-refractivity contribution in [3.8, 4) is 5.75 Å². The topological polar surface area (TPSA) is 63.7 Å². The third kappa shape index (κ3) is 4.52. The molecule has 2 aromatic carbocycles. The molecule has 0 saturated carbocycles. The van der Waals surface area contributed by atoms with Crippen molar-refractivity contribution in [2.24, 2.45) is 0 Å². The minimum absolute atomic E-state index is 0.129. The maximum Gasteiger partial charge on any atom is 0.343 e. The number of ether oxygens (including phenoxy) is 1. The number of benzene rings is 2. The quantitative estimate of drug-likeness (QED) is 0.530. The molecule has 0 atom stereocenters. The molecule has 0 bridgehead atoms. The molecule has 0 unspecified atom stereocenters. The van der Waals surface area contributed by atoms with Crippen LogP contribution in [0.15, 0.2) is 57.9 Å². The zero-order valence-corrected chi connectivity index (χ0v) is 16.6. The molecule has 7 heteroatoms. The number of hydrogen-bond donors (Lipinski definition) is 0. The fourth-order valence-corrected chi connectivity index (χ4v) is 4.71. The summed E-state index contributed by atoms with van der Waals surface area (Å²) < 4.78 is 33.5. The van der Waals surface area contributed by atoms with Crippen molar-refractivity contribution >= 4 is 31.9 Å². The van der Waals surface area contributed by atoms with Crippen LogP contribution in [0.4, 0.5) is 0 Å². The fourth-order valence-electron chi connectivity index (χ4n) is 2.88. The number of hydrogen-bond acceptors (Lipinski definition) is 4. The lowest BCUT2D eigenvalue weighted by molar-refractivity contribution is 0.0734. The van der Waals surface area contributed by atoms with Gasteiger partial charge in [0.15, 0.2) is 0 Å². The van der Waals surface area contributed by atoms with Crippen molar-refractivity contribution in [3.05, 3.63) is 58.6 Å². The molecule has 1 heterocycles. The third-order valence-electron chi connectivity index (χ3n) is 4.30. The Morgan fingerprint density at radius 1 is 0.962 bits per heavy atom. The van der Waals surface area contributed by atoms with E-state index >= 15 is 0 Å². The monoisotopic (exact) mass is 437 g/mol. The maximum atomic E-state index is 12.9. The highest BCUT2D eigenvalue weighted by molar-refractivity contribution is 9.10. The van der Waals surface area contributed by atoms with Crippen LogP contribution >= 0.6 is 15.9 Å². The summed E-state index contributed by atoms with van der Waals surface area (Å²) in [6.07, 6.45) is 3.83. The van der Waals surface area contributed by atoms with Crippen LogP contribution in [0.1, 0.15) is 36.0 Å². The molecule has 5 nitrogen and oxygen atoms in total. The summed E-state index contributed by atoms with van der Waals surface area (Å²) in [6, 6.07) is 12.9. The molecule has 3 rings (SSSR count). The van der Waals surface area contributed by atoms with Gasteiger partial charge in [-0.05, 0) is 55.3 Å². The molecule has 0 N–H and O–H groups in total. The summed E-state index contributed by atoms with van der Waals surface area (Å²) in [5, 5.41) is 0. The Morgan fingerprint density at radius 2 is 1.62 bits per heavy atom. The van der Waals surface area contributed by atoms with Gasteiger partial charge in [-0.1, -0.05) is 34.8 Å². The molecule has 1 saturated heterocycles. The molecule has 1 aliphatic rings. The third-order valence-corrected chi connectivity index (χ3v) is 6.72. The Balaban J connectivity index is 1.80. The Bertz CT molecular complexity index is 873. The van der Waals surface area contributed by atoms with Crippen LogP contribution in [-0.4, -0.2) is 31.8 Å². The van der Waals surface area contributed by atoms with Gasteiger partial charge in [-0.15, -0.1) is 0 Å². The van der Waals surface area contributed by atoms with E-state index in [4.69, 9.17) is 4.74 Å². The van der Waals surface area contributed by atoms with E-state index < -0.39 is 16.0 Å². The van der Waals surface area contributed by atoms with Crippen molar-refractivity contribution in [1.29, 1.82) is 0 Å². The molecular weight excluding hydrogens is 418 g/mol. The van der Waals surface area contributed by atoms with E-state index in [1.807, 2.05) is 0 Å². The van der Waals surface area contributed by atoms with Gasteiger partial charge in [0, 0.05) is 17.6 Å². The van der Waals surface area contributed by atoms with Gasteiger partial charge in [0.1, 0.15) is 5.75 Å². The van der Waals surface area contributed by atoms with Gasteiger partial charge >= 0.3 is 5.97 Å². The van der Waals surface area contributed by atoms with E-state index in [1.165, 1.54) is 16.4 Å². The smallest absolute Gasteiger partial charge is 0.343 e. The van der Waals surface area contributed by atoms with Gasteiger partial charge in [0.05, 0.1) is 10.5 Å². The first kappa shape index (κ1) is 19.1. The van der Waals surface area contributed by atoms with Crippen molar-refractivity contribution in [1.82, 2.24) is 4.31 Å². The molecule has 138 valence electrons. The van der Waals surface area contributed by atoms with Crippen LogP contribution < -0.4 is 4.74 Å². The van der Waals surface area contributed by atoms with Gasteiger partial charge in [0.2, 0.25) is 10.0 Å². The molecular formula is C19H20BrNO4S. The van der Waals surface area contributed by atoms with E-state index in [9.17, 15) is 13.2 Å². The first-order valence-electron chi connectivity index (χ1n) is 8.55. The highest BCUT2D eigenvalue weighted by atomic mass is 79.9. The van der Waals surface area contributed by atoms with Crippen LogP contribution in [0.3, 0.4) is 0 Å². The SMILES string of the molecule is O=C(Oc1ccc(Br)cc1)c1cccc(S(=O)(=O)N2CCCCCC2)c1. The second-order valence-electron chi connectivity index (χ2n) is 6.19. The van der Waals surface area contributed by atoms with Crippen molar-refractivity contribution in [2.75, 3.05) is 13.1 Å². The molecule has 1 fully saturated rings. The molecule has 0 spiro atoms. The van der Waals surface area contributed by atoms with Crippen molar-refractivity contribution in [2.45, 2.75) is 30.6 Å². The zero-order valence-electron chi connectivity index (χ0n) is 14.2. The second-order valence-corrected chi connectivity index (χ2v) is 9.04. The minimum Gasteiger partial charge on any atom is -0.423 e.